The third-order valence-corrected chi connectivity index (χ3v) is 5.13. The van der Waals surface area contributed by atoms with Crippen LogP contribution in [-0.4, -0.2) is 19.3 Å². The van der Waals surface area contributed by atoms with Crippen molar-refractivity contribution < 1.29 is 4.74 Å². The molecular formula is C17H25NO. The molecule has 1 heterocycles. The van der Waals surface area contributed by atoms with Gasteiger partial charge in [-0.2, -0.15) is 0 Å². The van der Waals surface area contributed by atoms with Crippen molar-refractivity contribution in [2.45, 2.75) is 45.6 Å². The van der Waals surface area contributed by atoms with E-state index in [1.165, 1.54) is 29.5 Å². The summed E-state index contributed by atoms with van der Waals surface area (Å²) in [4.78, 5) is 0. The minimum atomic E-state index is 0.179. The minimum absolute atomic E-state index is 0.179. The predicted octanol–water partition coefficient (Wildman–Crippen LogP) is 2.99. The average molecular weight is 259 g/mol. The summed E-state index contributed by atoms with van der Waals surface area (Å²) in [5, 5.41) is 0. The van der Waals surface area contributed by atoms with Gasteiger partial charge in [0.15, 0.2) is 0 Å². The standard InChI is InChI=1S/C17H25NO/c1-12-4-3-5-13(2)15(12)10-17(11-18)8-9-19-16(17)14-6-7-14/h3-5,14,16H,6-11,18H2,1-2H3. The molecule has 2 fully saturated rings. The van der Waals surface area contributed by atoms with Gasteiger partial charge in [0.2, 0.25) is 0 Å². The predicted molar refractivity (Wildman–Crippen MR) is 78.2 cm³/mol. The molecule has 2 N–H and O–H groups in total. The van der Waals surface area contributed by atoms with E-state index in [2.05, 4.69) is 32.0 Å². The topological polar surface area (TPSA) is 35.2 Å². The van der Waals surface area contributed by atoms with E-state index in [0.29, 0.717) is 6.10 Å². The van der Waals surface area contributed by atoms with E-state index in [9.17, 15) is 0 Å². The fourth-order valence-corrected chi connectivity index (χ4v) is 3.70. The molecule has 2 heteroatoms. The molecule has 0 spiro atoms. The lowest BCUT2D eigenvalue weighted by atomic mass is 9.73. The number of hydrogen-bond acceptors (Lipinski definition) is 2. The van der Waals surface area contributed by atoms with Crippen LogP contribution in [-0.2, 0) is 11.2 Å². The van der Waals surface area contributed by atoms with Crippen LogP contribution in [0.2, 0.25) is 0 Å². The van der Waals surface area contributed by atoms with Crippen molar-refractivity contribution in [2.75, 3.05) is 13.2 Å². The second-order valence-corrected chi connectivity index (χ2v) is 6.49. The lowest BCUT2D eigenvalue weighted by Crippen LogP contribution is -2.41. The number of rotatable bonds is 4. The zero-order valence-electron chi connectivity index (χ0n) is 12.1. The number of benzene rings is 1. The van der Waals surface area contributed by atoms with Gasteiger partial charge in [0.1, 0.15) is 0 Å². The summed E-state index contributed by atoms with van der Waals surface area (Å²) in [5.74, 6) is 0.773. The Bertz CT molecular complexity index is 446. The minimum Gasteiger partial charge on any atom is -0.377 e. The van der Waals surface area contributed by atoms with Crippen molar-refractivity contribution in [1.29, 1.82) is 0 Å². The van der Waals surface area contributed by atoms with Gasteiger partial charge < -0.3 is 10.5 Å². The van der Waals surface area contributed by atoms with E-state index in [1.807, 2.05) is 0 Å². The molecule has 1 aliphatic heterocycles. The molecule has 1 saturated carbocycles. The average Bonchev–Trinajstić information content (AvgIpc) is 3.15. The van der Waals surface area contributed by atoms with Crippen LogP contribution < -0.4 is 5.73 Å². The molecule has 2 aliphatic rings. The SMILES string of the molecule is Cc1cccc(C)c1CC1(CN)CCOC1C1CC1. The van der Waals surface area contributed by atoms with Crippen molar-refractivity contribution >= 4 is 0 Å². The monoisotopic (exact) mass is 259 g/mol. The van der Waals surface area contributed by atoms with E-state index < -0.39 is 0 Å². The summed E-state index contributed by atoms with van der Waals surface area (Å²) in [6, 6.07) is 6.58. The van der Waals surface area contributed by atoms with Crippen LogP contribution in [0.4, 0.5) is 0 Å². The Labute approximate surface area is 116 Å². The highest BCUT2D eigenvalue weighted by atomic mass is 16.5. The second kappa shape index (κ2) is 4.92. The van der Waals surface area contributed by atoms with E-state index in [0.717, 1.165) is 31.9 Å². The van der Waals surface area contributed by atoms with Crippen LogP contribution in [0.15, 0.2) is 18.2 Å². The smallest absolute Gasteiger partial charge is 0.0675 e. The van der Waals surface area contributed by atoms with Crippen LogP contribution in [0.25, 0.3) is 0 Å². The summed E-state index contributed by atoms with van der Waals surface area (Å²) in [5.41, 5.74) is 10.7. The van der Waals surface area contributed by atoms with Crippen molar-refractivity contribution in [3.63, 3.8) is 0 Å². The molecular weight excluding hydrogens is 234 g/mol. The first kappa shape index (κ1) is 13.1. The fraction of sp³-hybridized carbons (Fsp3) is 0.647. The van der Waals surface area contributed by atoms with Crippen molar-refractivity contribution in [2.24, 2.45) is 17.1 Å². The van der Waals surface area contributed by atoms with Crippen LogP contribution in [0.1, 0.15) is 36.0 Å². The molecule has 1 aliphatic carbocycles. The summed E-state index contributed by atoms with van der Waals surface area (Å²) >= 11 is 0. The summed E-state index contributed by atoms with van der Waals surface area (Å²) in [6.07, 6.45) is 5.27. The van der Waals surface area contributed by atoms with Gasteiger partial charge in [0.05, 0.1) is 6.10 Å². The first-order chi connectivity index (χ1) is 9.16. The molecule has 3 rings (SSSR count). The molecule has 1 aromatic rings. The fourth-order valence-electron chi connectivity index (χ4n) is 3.70. The zero-order valence-corrected chi connectivity index (χ0v) is 12.1. The second-order valence-electron chi connectivity index (χ2n) is 6.49. The molecule has 0 radical (unpaired) electrons. The highest BCUT2D eigenvalue weighted by Crippen LogP contribution is 2.49. The van der Waals surface area contributed by atoms with Crippen LogP contribution in [0, 0.1) is 25.2 Å². The highest BCUT2D eigenvalue weighted by Gasteiger charge is 2.50. The molecule has 19 heavy (non-hydrogen) atoms. The van der Waals surface area contributed by atoms with Crippen LogP contribution in [0.5, 0.6) is 0 Å². The first-order valence-corrected chi connectivity index (χ1v) is 7.53. The van der Waals surface area contributed by atoms with E-state index in [-0.39, 0.29) is 5.41 Å². The summed E-state index contributed by atoms with van der Waals surface area (Å²) in [6.45, 7) is 6.08. The third-order valence-electron chi connectivity index (χ3n) is 5.13. The largest absolute Gasteiger partial charge is 0.377 e. The van der Waals surface area contributed by atoms with Gasteiger partial charge in [-0.05, 0) is 62.1 Å². The number of hydrogen-bond donors (Lipinski definition) is 1. The van der Waals surface area contributed by atoms with Gasteiger partial charge in [-0.15, -0.1) is 0 Å². The Balaban J connectivity index is 1.90. The summed E-state index contributed by atoms with van der Waals surface area (Å²) in [7, 11) is 0. The van der Waals surface area contributed by atoms with Crippen molar-refractivity contribution in [3.05, 3.63) is 34.9 Å². The zero-order chi connectivity index (χ0) is 13.5. The maximum atomic E-state index is 6.19. The van der Waals surface area contributed by atoms with E-state index >= 15 is 0 Å². The van der Waals surface area contributed by atoms with Crippen LogP contribution in [0.3, 0.4) is 0 Å². The summed E-state index contributed by atoms with van der Waals surface area (Å²) < 4.78 is 6.06. The maximum absolute atomic E-state index is 6.19. The number of aryl methyl sites for hydroxylation is 2. The molecule has 1 saturated heterocycles. The normalized spacial score (nSPS) is 30.8. The molecule has 1 aromatic carbocycles. The molecule has 0 amide bonds. The molecule has 2 unspecified atom stereocenters. The third kappa shape index (κ3) is 2.32. The van der Waals surface area contributed by atoms with Crippen molar-refractivity contribution in [3.8, 4) is 0 Å². The van der Waals surface area contributed by atoms with Gasteiger partial charge in [-0.3, -0.25) is 0 Å². The Morgan fingerprint density at radius 3 is 2.53 bits per heavy atom. The molecule has 2 atom stereocenters. The maximum Gasteiger partial charge on any atom is 0.0675 e. The first-order valence-electron chi connectivity index (χ1n) is 7.53. The Morgan fingerprint density at radius 2 is 1.95 bits per heavy atom. The number of ether oxygens (including phenoxy) is 1. The Morgan fingerprint density at radius 1 is 1.26 bits per heavy atom. The van der Waals surface area contributed by atoms with E-state index in [4.69, 9.17) is 10.5 Å². The number of nitrogens with two attached hydrogens (primary N) is 1. The van der Waals surface area contributed by atoms with Crippen LogP contribution >= 0.6 is 0 Å². The van der Waals surface area contributed by atoms with Gasteiger partial charge in [0.25, 0.3) is 0 Å². The lowest BCUT2D eigenvalue weighted by Gasteiger charge is -2.34. The Hall–Kier alpha value is -0.860. The quantitative estimate of drug-likeness (QED) is 0.902. The molecule has 2 nitrogen and oxygen atoms in total. The highest BCUT2D eigenvalue weighted by molar-refractivity contribution is 5.35. The molecule has 0 bridgehead atoms. The van der Waals surface area contributed by atoms with Gasteiger partial charge in [-0.25, -0.2) is 0 Å². The van der Waals surface area contributed by atoms with E-state index in [1.54, 1.807) is 0 Å². The van der Waals surface area contributed by atoms with Gasteiger partial charge >= 0.3 is 0 Å². The van der Waals surface area contributed by atoms with Gasteiger partial charge in [-0.1, -0.05) is 18.2 Å². The molecule has 0 aromatic heterocycles. The molecule has 104 valence electrons. The lowest BCUT2D eigenvalue weighted by molar-refractivity contribution is 0.0344. The van der Waals surface area contributed by atoms with Crippen molar-refractivity contribution in [1.82, 2.24) is 0 Å². The van der Waals surface area contributed by atoms with Gasteiger partial charge in [0, 0.05) is 18.6 Å². The Kier molecular flexibility index (Phi) is 3.40.